The van der Waals surface area contributed by atoms with E-state index >= 15 is 0 Å². The zero-order chi connectivity index (χ0) is 8.39. The normalized spacial score (nSPS) is 18.4. The van der Waals surface area contributed by atoms with Crippen LogP contribution in [0.4, 0.5) is 0 Å². The van der Waals surface area contributed by atoms with Crippen molar-refractivity contribution in [2.75, 3.05) is 0 Å². The molecule has 0 aliphatic heterocycles. The van der Waals surface area contributed by atoms with E-state index in [1.54, 1.807) is 0 Å². The monoisotopic (exact) mass is 226 g/mol. The molecule has 0 spiro atoms. The fraction of sp³-hybridized carbons (Fsp3) is 0.556. The van der Waals surface area contributed by atoms with Gasteiger partial charge in [0.05, 0.1) is 5.69 Å². The van der Waals surface area contributed by atoms with E-state index in [0.717, 1.165) is 10.3 Å². The molecule has 12 heavy (non-hydrogen) atoms. The third-order valence-electron chi connectivity index (χ3n) is 2.43. The molecule has 0 N–H and O–H groups in total. The molecule has 1 aliphatic rings. The van der Waals surface area contributed by atoms with Crippen LogP contribution in [-0.2, 0) is 0 Å². The molecule has 1 aliphatic carbocycles. The highest BCUT2D eigenvalue weighted by atomic mass is 79.9. The van der Waals surface area contributed by atoms with Crippen LogP contribution in [0.5, 0.6) is 0 Å². The summed E-state index contributed by atoms with van der Waals surface area (Å²) in [6.45, 7) is 0. The van der Waals surface area contributed by atoms with Crippen molar-refractivity contribution in [2.45, 2.75) is 31.6 Å². The predicted molar refractivity (Wildman–Crippen MR) is 50.9 cm³/mol. The summed E-state index contributed by atoms with van der Waals surface area (Å²) in [5.41, 5.74) is 1.16. The first-order valence-corrected chi connectivity index (χ1v) is 5.15. The fourth-order valence-corrected chi connectivity index (χ4v) is 1.98. The van der Waals surface area contributed by atoms with Crippen molar-refractivity contribution in [3.63, 3.8) is 0 Å². The minimum absolute atomic E-state index is 0.672. The summed E-state index contributed by atoms with van der Waals surface area (Å²) in [5.74, 6) is 0.672. The number of rotatable bonds is 1. The molecule has 1 aromatic rings. The van der Waals surface area contributed by atoms with Crippen molar-refractivity contribution in [2.24, 2.45) is 0 Å². The van der Waals surface area contributed by atoms with E-state index in [-0.39, 0.29) is 0 Å². The summed E-state index contributed by atoms with van der Waals surface area (Å²) in [5, 5.41) is 8.15. The number of hydrogen-bond donors (Lipinski definition) is 0. The van der Waals surface area contributed by atoms with Gasteiger partial charge >= 0.3 is 0 Å². The first-order chi connectivity index (χ1) is 5.86. The lowest BCUT2D eigenvalue weighted by Crippen LogP contribution is -1.97. The summed E-state index contributed by atoms with van der Waals surface area (Å²) >= 11 is 3.28. The molecule has 1 fully saturated rings. The van der Waals surface area contributed by atoms with Gasteiger partial charge in [-0.3, -0.25) is 0 Å². The van der Waals surface area contributed by atoms with E-state index < -0.39 is 0 Å². The lowest BCUT2D eigenvalue weighted by Gasteiger charge is -2.05. The molecule has 0 atom stereocenters. The highest BCUT2D eigenvalue weighted by Gasteiger charge is 2.18. The van der Waals surface area contributed by atoms with Crippen LogP contribution in [0.1, 0.15) is 37.3 Å². The van der Waals surface area contributed by atoms with Gasteiger partial charge < -0.3 is 0 Å². The van der Waals surface area contributed by atoms with Crippen molar-refractivity contribution in [1.29, 1.82) is 0 Å². The third kappa shape index (κ3) is 1.66. The zero-order valence-electron chi connectivity index (χ0n) is 6.83. The molecule has 0 radical (unpaired) electrons. The van der Waals surface area contributed by atoms with E-state index in [9.17, 15) is 0 Å². The van der Waals surface area contributed by atoms with Crippen LogP contribution in [-0.4, -0.2) is 10.2 Å². The molecule has 0 bridgehead atoms. The van der Waals surface area contributed by atoms with Crippen LogP contribution in [0.2, 0.25) is 0 Å². The molecular weight excluding hydrogens is 216 g/mol. The third-order valence-corrected chi connectivity index (χ3v) is 2.85. The molecule has 1 saturated carbocycles. The molecule has 1 heterocycles. The van der Waals surface area contributed by atoms with Crippen LogP contribution < -0.4 is 0 Å². The standard InChI is InChI=1S/C9H11BrN2/c10-9-6-5-8(11-12-9)7-3-1-2-4-7/h5-7H,1-4H2. The Morgan fingerprint density at radius 3 is 2.50 bits per heavy atom. The van der Waals surface area contributed by atoms with Crippen LogP contribution in [0.25, 0.3) is 0 Å². The Kier molecular flexibility index (Phi) is 2.40. The number of halogens is 1. The Labute approximate surface area is 80.5 Å². The molecule has 0 unspecified atom stereocenters. The maximum Gasteiger partial charge on any atom is 0.128 e. The highest BCUT2D eigenvalue weighted by molar-refractivity contribution is 9.10. The highest BCUT2D eigenvalue weighted by Crippen LogP contribution is 2.32. The zero-order valence-corrected chi connectivity index (χ0v) is 8.42. The van der Waals surface area contributed by atoms with E-state index in [1.165, 1.54) is 25.7 Å². The lowest BCUT2D eigenvalue weighted by atomic mass is 10.0. The first kappa shape index (κ1) is 8.17. The summed E-state index contributed by atoms with van der Waals surface area (Å²) in [6, 6.07) is 4.05. The fourth-order valence-electron chi connectivity index (χ4n) is 1.77. The topological polar surface area (TPSA) is 25.8 Å². The Balaban J connectivity index is 2.17. The van der Waals surface area contributed by atoms with Gasteiger partial charge in [0.15, 0.2) is 0 Å². The van der Waals surface area contributed by atoms with Gasteiger partial charge in [-0.25, -0.2) is 0 Å². The number of aromatic nitrogens is 2. The Morgan fingerprint density at radius 2 is 1.92 bits per heavy atom. The number of nitrogens with zero attached hydrogens (tertiary/aromatic N) is 2. The molecule has 64 valence electrons. The SMILES string of the molecule is Brc1ccc(C2CCCC2)nn1. The van der Waals surface area contributed by atoms with Gasteiger partial charge in [-0.2, -0.15) is 5.10 Å². The summed E-state index contributed by atoms with van der Waals surface area (Å²) in [4.78, 5) is 0. The summed E-state index contributed by atoms with van der Waals surface area (Å²) in [6.07, 6.45) is 5.28. The second-order valence-corrected chi connectivity index (χ2v) is 4.07. The molecular formula is C9H11BrN2. The number of hydrogen-bond acceptors (Lipinski definition) is 2. The molecule has 2 rings (SSSR count). The van der Waals surface area contributed by atoms with Gasteiger partial charge in [-0.05, 0) is 40.9 Å². The second kappa shape index (κ2) is 3.52. The van der Waals surface area contributed by atoms with Crippen molar-refractivity contribution >= 4 is 15.9 Å². The Bertz CT molecular complexity index is 252. The molecule has 2 nitrogen and oxygen atoms in total. The van der Waals surface area contributed by atoms with Crippen LogP contribution in [0.3, 0.4) is 0 Å². The van der Waals surface area contributed by atoms with Crippen LogP contribution in [0, 0.1) is 0 Å². The van der Waals surface area contributed by atoms with Crippen molar-refractivity contribution in [3.8, 4) is 0 Å². The van der Waals surface area contributed by atoms with E-state index in [2.05, 4.69) is 32.2 Å². The van der Waals surface area contributed by atoms with Gasteiger partial charge in [-0.15, -0.1) is 5.10 Å². The van der Waals surface area contributed by atoms with Crippen LogP contribution >= 0.6 is 15.9 Å². The van der Waals surface area contributed by atoms with Gasteiger partial charge in [0.25, 0.3) is 0 Å². The quantitative estimate of drug-likeness (QED) is 0.737. The second-order valence-electron chi connectivity index (χ2n) is 3.26. The summed E-state index contributed by atoms with van der Waals surface area (Å²) < 4.78 is 0.823. The van der Waals surface area contributed by atoms with Gasteiger partial charge in [0.1, 0.15) is 4.60 Å². The van der Waals surface area contributed by atoms with Crippen molar-refractivity contribution in [1.82, 2.24) is 10.2 Å². The minimum atomic E-state index is 0.672. The maximum atomic E-state index is 4.16. The summed E-state index contributed by atoms with van der Waals surface area (Å²) in [7, 11) is 0. The van der Waals surface area contributed by atoms with Crippen molar-refractivity contribution < 1.29 is 0 Å². The first-order valence-electron chi connectivity index (χ1n) is 4.35. The average molecular weight is 227 g/mol. The van der Waals surface area contributed by atoms with Gasteiger partial charge in [-0.1, -0.05) is 12.8 Å². The Hall–Kier alpha value is -0.440. The smallest absolute Gasteiger partial charge is 0.128 e. The van der Waals surface area contributed by atoms with E-state index in [0.29, 0.717) is 5.92 Å². The predicted octanol–water partition coefficient (Wildman–Crippen LogP) is 2.90. The largest absolute Gasteiger partial charge is 0.154 e. The van der Waals surface area contributed by atoms with Crippen LogP contribution in [0.15, 0.2) is 16.7 Å². The molecule has 3 heteroatoms. The van der Waals surface area contributed by atoms with Gasteiger partial charge in [0, 0.05) is 5.92 Å². The van der Waals surface area contributed by atoms with E-state index in [4.69, 9.17) is 0 Å². The minimum Gasteiger partial charge on any atom is -0.154 e. The molecule has 0 saturated heterocycles. The van der Waals surface area contributed by atoms with E-state index in [1.807, 2.05) is 6.07 Å². The Morgan fingerprint density at radius 1 is 1.17 bits per heavy atom. The lowest BCUT2D eigenvalue weighted by molar-refractivity contribution is 0.678. The average Bonchev–Trinajstić information content (AvgIpc) is 2.58. The molecule has 0 amide bonds. The van der Waals surface area contributed by atoms with Gasteiger partial charge in [0.2, 0.25) is 0 Å². The molecule has 1 aromatic heterocycles. The maximum absolute atomic E-state index is 4.16. The van der Waals surface area contributed by atoms with Crippen molar-refractivity contribution in [3.05, 3.63) is 22.4 Å². The molecule has 0 aromatic carbocycles.